The Hall–Kier alpha value is -1.53. The summed E-state index contributed by atoms with van der Waals surface area (Å²) in [5, 5.41) is 11.1. The molecule has 0 saturated carbocycles. The van der Waals surface area contributed by atoms with Crippen LogP contribution in [0, 0.1) is 11.6 Å². The van der Waals surface area contributed by atoms with Crippen molar-refractivity contribution in [1.29, 1.82) is 0 Å². The van der Waals surface area contributed by atoms with E-state index in [0.717, 1.165) is 12.1 Å². The van der Waals surface area contributed by atoms with Crippen molar-refractivity contribution in [1.82, 2.24) is 4.90 Å². The van der Waals surface area contributed by atoms with Gasteiger partial charge in [-0.3, -0.25) is 9.69 Å². The molecular formula is C13H18F2N2O2. The summed E-state index contributed by atoms with van der Waals surface area (Å²) in [6.07, 6.45) is 0. The first-order valence-corrected chi connectivity index (χ1v) is 6.04. The lowest BCUT2D eigenvalue weighted by atomic mass is 10.2. The Balaban J connectivity index is 2.69. The lowest BCUT2D eigenvalue weighted by Crippen LogP contribution is -2.39. The molecule has 0 heterocycles. The van der Waals surface area contributed by atoms with Crippen LogP contribution in [0.5, 0.6) is 0 Å². The van der Waals surface area contributed by atoms with Gasteiger partial charge in [-0.1, -0.05) is 6.07 Å². The second kappa shape index (κ2) is 7.16. The summed E-state index contributed by atoms with van der Waals surface area (Å²) in [5.41, 5.74) is -0.444. The number of hydrogen-bond acceptors (Lipinski definition) is 3. The summed E-state index contributed by atoms with van der Waals surface area (Å²) < 4.78 is 26.7. The van der Waals surface area contributed by atoms with Gasteiger partial charge in [-0.25, -0.2) is 8.78 Å². The maximum absolute atomic E-state index is 13.3. The number of anilines is 1. The summed E-state index contributed by atoms with van der Waals surface area (Å²) >= 11 is 0. The highest BCUT2D eigenvalue weighted by Gasteiger charge is 2.16. The molecule has 0 aliphatic carbocycles. The van der Waals surface area contributed by atoms with Crippen LogP contribution < -0.4 is 5.32 Å². The predicted octanol–water partition coefficient (Wildman–Crippen LogP) is 1.61. The normalized spacial score (nSPS) is 11.1. The average Bonchev–Trinajstić information content (AvgIpc) is 2.33. The Morgan fingerprint density at radius 2 is 1.95 bits per heavy atom. The van der Waals surface area contributed by atoms with Crippen LogP contribution in [0.25, 0.3) is 0 Å². The molecule has 0 atom stereocenters. The number of halogens is 2. The average molecular weight is 272 g/mol. The van der Waals surface area contributed by atoms with Gasteiger partial charge in [0.25, 0.3) is 0 Å². The molecule has 1 aromatic carbocycles. The van der Waals surface area contributed by atoms with E-state index in [4.69, 9.17) is 5.11 Å². The summed E-state index contributed by atoms with van der Waals surface area (Å²) in [6.45, 7) is 3.94. The van der Waals surface area contributed by atoms with E-state index in [0.29, 0.717) is 6.54 Å². The van der Waals surface area contributed by atoms with E-state index in [1.807, 2.05) is 13.8 Å². The van der Waals surface area contributed by atoms with E-state index in [9.17, 15) is 13.6 Å². The largest absolute Gasteiger partial charge is 0.395 e. The third-order valence-electron chi connectivity index (χ3n) is 2.69. The van der Waals surface area contributed by atoms with Gasteiger partial charge in [-0.05, 0) is 26.0 Å². The molecule has 106 valence electrons. The van der Waals surface area contributed by atoms with Crippen LogP contribution in [-0.4, -0.2) is 41.7 Å². The van der Waals surface area contributed by atoms with Crippen molar-refractivity contribution in [3.05, 3.63) is 29.8 Å². The maximum atomic E-state index is 13.3. The van der Waals surface area contributed by atoms with Crippen molar-refractivity contribution in [2.24, 2.45) is 0 Å². The van der Waals surface area contributed by atoms with Crippen LogP contribution in [0.4, 0.5) is 14.5 Å². The molecule has 0 radical (unpaired) electrons. The Morgan fingerprint density at radius 3 is 2.42 bits per heavy atom. The Morgan fingerprint density at radius 1 is 1.37 bits per heavy atom. The van der Waals surface area contributed by atoms with Gasteiger partial charge in [0.05, 0.1) is 13.2 Å². The molecule has 1 aromatic rings. The molecule has 2 N–H and O–H groups in total. The zero-order valence-corrected chi connectivity index (χ0v) is 11.0. The van der Waals surface area contributed by atoms with Crippen LogP contribution in [0.1, 0.15) is 13.8 Å². The fourth-order valence-corrected chi connectivity index (χ4v) is 1.63. The maximum Gasteiger partial charge on any atom is 0.238 e. The van der Waals surface area contributed by atoms with Crippen LogP contribution in [0.15, 0.2) is 18.2 Å². The number of aliphatic hydroxyl groups excluding tert-OH is 1. The highest BCUT2D eigenvalue weighted by molar-refractivity contribution is 5.92. The number of aliphatic hydroxyl groups is 1. The number of carbonyl (C=O) groups excluding carboxylic acids is 1. The molecule has 0 fully saturated rings. The lowest BCUT2D eigenvalue weighted by molar-refractivity contribution is -0.117. The van der Waals surface area contributed by atoms with E-state index in [-0.39, 0.29) is 19.2 Å². The highest BCUT2D eigenvalue weighted by Crippen LogP contribution is 2.17. The molecule has 0 unspecified atom stereocenters. The van der Waals surface area contributed by atoms with Crippen LogP contribution >= 0.6 is 0 Å². The van der Waals surface area contributed by atoms with E-state index < -0.39 is 23.2 Å². The number of rotatable bonds is 6. The van der Waals surface area contributed by atoms with E-state index in [1.54, 1.807) is 4.90 Å². The van der Waals surface area contributed by atoms with E-state index in [2.05, 4.69) is 5.32 Å². The van der Waals surface area contributed by atoms with Gasteiger partial charge in [-0.15, -0.1) is 0 Å². The van der Waals surface area contributed by atoms with Crippen molar-refractivity contribution in [3.8, 4) is 0 Å². The summed E-state index contributed by atoms with van der Waals surface area (Å²) in [4.78, 5) is 13.4. The molecule has 1 amide bonds. The SMILES string of the molecule is CC(C)N(CCO)CC(=O)Nc1c(F)cccc1F. The van der Waals surface area contributed by atoms with Gasteiger partial charge in [0.1, 0.15) is 17.3 Å². The first-order valence-electron chi connectivity index (χ1n) is 6.04. The fourth-order valence-electron chi connectivity index (χ4n) is 1.63. The van der Waals surface area contributed by atoms with Crippen molar-refractivity contribution in [2.45, 2.75) is 19.9 Å². The van der Waals surface area contributed by atoms with Gasteiger partial charge in [0.15, 0.2) is 0 Å². The molecule has 0 aliphatic rings. The first-order chi connectivity index (χ1) is 8.95. The van der Waals surface area contributed by atoms with E-state index >= 15 is 0 Å². The summed E-state index contributed by atoms with van der Waals surface area (Å²) in [6, 6.07) is 3.43. The third kappa shape index (κ3) is 4.57. The van der Waals surface area contributed by atoms with Gasteiger partial charge in [-0.2, -0.15) is 0 Å². The van der Waals surface area contributed by atoms with Crippen LogP contribution in [-0.2, 0) is 4.79 Å². The molecule has 0 aromatic heterocycles. The smallest absolute Gasteiger partial charge is 0.238 e. The number of carbonyl (C=O) groups is 1. The Labute approximate surface area is 111 Å². The topological polar surface area (TPSA) is 52.6 Å². The second-order valence-corrected chi connectivity index (χ2v) is 4.43. The zero-order valence-electron chi connectivity index (χ0n) is 11.0. The molecule has 4 nitrogen and oxygen atoms in total. The van der Waals surface area contributed by atoms with Crippen LogP contribution in [0.3, 0.4) is 0 Å². The second-order valence-electron chi connectivity index (χ2n) is 4.43. The van der Waals surface area contributed by atoms with E-state index in [1.165, 1.54) is 6.07 Å². The lowest BCUT2D eigenvalue weighted by Gasteiger charge is -2.24. The molecular weight excluding hydrogens is 254 g/mol. The number of hydrogen-bond donors (Lipinski definition) is 2. The number of nitrogens with one attached hydrogen (secondary N) is 1. The number of para-hydroxylation sites is 1. The summed E-state index contributed by atoms with van der Waals surface area (Å²) in [7, 11) is 0. The molecule has 0 bridgehead atoms. The minimum absolute atomic E-state index is 0.0357. The van der Waals surface area contributed by atoms with Gasteiger partial charge in [0, 0.05) is 12.6 Å². The number of nitrogens with zero attached hydrogens (tertiary/aromatic N) is 1. The quantitative estimate of drug-likeness (QED) is 0.827. The molecule has 1 rings (SSSR count). The van der Waals surface area contributed by atoms with Crippen molar-refractivity contribution in [2.75, 3.05) is 25.0 Å². The standard InChI is InChI=1S/C13H18F2N2O2/c1-9(2)17(6-7-18)8-12(19)16-13-10(14)4-3-5-11(13)15/h3-5,9,18H,6-8H2,1-2H3,(H,16,19). The highest BCUT2D eigenvalue weighted by atomic mass is 19.1. The minimum Gasteiger partial charge on any atom is -0.395 e. The number of benzene rings is 1. The molecule has 6 heteroatoms. The fraction of sp³-hybridized carbons (Fsp3) is 0.462. The number of amides is 1. The zero-order chi connectivity index (χ0) is 14.4. The Kier molecular flexibility index (Phi) is 5.85. The van der Waals surface area contributed by atoms with Gasteiger partial charge < -0.3 is 10.4 Å². The van der Waals surface area contributed by atoms with Crippen molar-refractivity contribution >= 4 is 11.6 Å². The van der Waals surface area contributed by atoms with Gasteiger partial charge >= 0.3 is 0 Å². The predicted molar refractivity (Wildman–Crippen MR) is 68.8 cm³/mol. The molecule has 0 spiro atoms. The third-order valence-corrected chi connectivity index (χ3v) is 2.69. The van der Waals surface area contributed by atoms with Crippen molar-refractivity contribution in [3.63, 3.8) is 0 Å². The Bertz CT molecular complexity index is 418. The van der Waals surface area contributed by atoms with Crippen molar-refractivity contribution < 1.29 is 18.7 Å². The first kappa shape index (κ1) is 15.5. The molecule has 0 saturated heterocycles. The van der Waals surface area contributed by atoms with Gasteiger partial charge in [0.2, 0.25) is 5.91 Å². The molecule has 0 aliphatic heterocycles. The minimum atomic E-state index is -0.813. The molecule has 19 heavy (non-hydrogen) atoms. The summed E-state index contributed by atoms with van der Waals surface area (Å²) in [5.74, 6) is -2.15. The van der Waals surface area contributed by atoms with Crippen LogP contribution in [0.2, 0.25) is 0 Å². The monoisotopic (exact) mass is 272 g/mol.